The lowest BCUT2D eigenvalue weighted by Crippen LogP contribution is -1.96. The van der Waals surface area contributed by atoms with Gasteiger partial charge in [0.05, 0.1) is 9.36 Å². The van der Waals surface area contributed by atoms with E-state index in [4.69, 9.17) is 27.6 Å². The molecule has 0 saturated heterocycles. The minimum Gasteiger partial charge on any atom is -0.453 e. The van der Waals surface area contributed by atoms with E-state index in [1.54, 1.807) is 35.7 Å². The molecule has 0 spiro atoms. The summed E-state index contributed by atoms with van der Waals surface area (Å²) in [7, 11) is 0. The van der Waals surface area contributed by atoms with E-state index in [0.717, 1.165) is 5.39 Å². The number of carbonyl (C=O) groups is 1. The van der Waals surface area contributed by atoms with Crippen molar-refractivity contribution in [2.75, 3.05) is 0 Å². The van der Waals surface area contributed by atoms with Crippen molar-refractivity contribution in [3.8, 4) is 0 Å². The zero-order valence-electron chi connectivity index (χ0n) is 8.94. The van der Waals surface area contributed by atoms with Crippen molar-refractivity contribution >= 4 is 51.3 Å². The van der Waals surface area contributed by atoms with Gasteiger partial charge in [-0.3, -0.25) is 4.79 Å². The van der Waals surface area contributed by atoms with Gasteiger partial charge in [0.25, 0.3) is 0 Å². The molecule has 0 saturated carbocycles. The molecule has 3 aromatic rings. The van der Waals surface area contributed by atoms with Crippen molar-refractivity contribution in [3.05, 3.63) is 56.4 Å². The third-order valence-electron chi connectivity index (χ3n) is 2.56. The second-order valence-corrected chi connectivity index (χ2v) is 5.68. The van der Waals surface area contributed by atoms with E-state index in [-0.39, 0.29) is 11.5 Å². The number of hydrogen-bond acceptors (Lipinski definition) is 3. The molecule has 2 aromatic heterocycles. The summed E-state index contributed by atoms with van der Waals surface area (Å²) >= 11 is 13.2. The third-order valence-corrected chi connectivity index (χ3v) is 3.98. The Hall–Kier alpha value is -1.29. The van der Waals surface area contributed by atoms with Gasteiger partial charge < -0.3 is 4.42 Å². The highest BCUT2D eigenvalue weighted by Gasteiger charge is 2.16. The summed E-state index contributed by atoms with van der Waals surface area (Å²) in [5.74, 6) is 0.0815. The lowest BCUT2D eigenvalue weighted by Gasteiger charge is -1.90. The minimum absolute atomic E-state index is 0.189. The summed E-state index contributed by atoms with van der Waals surface area (Å²) in [6.07, 6.45) is 0. The molecule has 2 nitrogen and oxygen atoms in total. The molecule has 5 heteroatoms. The number of benzene rings is 1. The van der Waals surface area contributed by atoms with Crippen molar-refractivity contribution in [2.45, 2.75) is 0 Å². The molecule has 3 rings (SSSR count). The molecule has 0 radical (unpaired) electrons. The van der Waals surface area contributed by atoms with Crippen LogP contribution in [0, 0.1) is 0 Å². The number of rotatable bonds is 2. The van der Waals surface area contributed by atoms with Gasteiger partial charge in [0.15, 0.2) is 5.76 Å². The number of hydrogen-bond donors (Lipinski definition) is 0. The Kier molecular flexibility index (Phi) is 2.90. The van der Waals surface area contributed by atoms with Gasteiger partial charge in [0.1, 0.15) is 5.58 Å². The highest BCUT2D eigenvalue weighted by Crippen LogP contribution is 2.29. The van der Waals surface area contributed by atoms with E-state index in [1.165, 1.54) is 11.3 Å². The number of ketones is 1. The Morgan fingerprint density at radius 2 is 2.06 bits per heavy atom. The van der Waals surface area contributed by atoms with Crippen LogP contribution < -0.4 is 0 Å². The van der Waals surface area contributed by atoms with Gasteiger partial charge in [-0.1, -0.05) is 29.3 Å². The number of halogens is 2. The lowest BCUT2D eigenvalue weighted by molar-refractivity contribution is 0.101. The van der Waals surface area contributed by atoms with Gasteiger partial charge in [-0.15, -0.1) is 11.3 Å². The fourth-order valence-corrected chi connectivity index (χ4v) is 2.79. The third kappa shape index (κ3) is 1.94. The Bertz CT molecular complexity index is 742. The summed E-state index contributed by atoms with van der Waals surface area (Å²) in [5.41, 5.74) is 1.13. The second kappa shape index (κ2) is 4.43. The van der Waals surface area contributed by atoms with Crippen LogP contribution in [0.2, 0.25) is 9.36 Å². The Labute approximate surface area is 117 Å². The number of fused-ring (bicyclic) bond motifs is 1. The predicted octanol–water partition coefficient (Wildman–Crippen LogP) is 5.03. The molecule has 18 heavy (non-hydrogen) atoms. The first-order valence-electron chi connectivity index (χ1n) is 5.12. The smallest absolute Gasteiger partial charge is 0.229 e. The first kappa shape index (κ1) is 11.8. The largest absolute Gasteiger partial charge is 0.453 e. The molecule has 0 atom stereocenters. The summed E-state index contributed by atoms with van der Waals surface area (Å²) in [4.78, 5) is 12.2. The zero-order chi connectivity index (χ0) is 12.7. The highest BCUT2D eigenvalue weighted by molar-refractivity contribution is 7.14. The molecule has 0 amide bonds. The number of thiophene rings is 1. The van der Waals surface area contributed by atoms with Crippen molar-refractivity contribution in [2.24, 2.45) is 0 Å². The first-order valence-corrected chi connectivity index (χ1v) is 6.75. The van der Waals surface area contributed by atoms with Crippen LogP contribution in [-0.4, -0.2) is 5.78 Å². The first-order chi connectivity index (χ1) is 8.65. The molecule has 0 aliphatic heterocycles. The van der Waals surface area contributed by atoms with Crippen molar-refractivity contribution < 1.29 is 9.21 Å². The molecule has 0 unspecified atom stereocenters. The van der Waals surface area contributed by atoms with Crippen molar-refractivity contribution in [1.29, 1.82) is 0 Å². The van der Waals surface area contributed by atoms with E-state index >= 15 is 0 Å². The van der Waals surface area contributed by atoms with Gasteiger partial charge in [-0.25, -0.2) is 0 Å². The topological polar surface area (TPSA) is 30.2 Å². The number of carbonyl (C=O) groups excluding carboxylic acids is 1. The van der Waals surface area contributed by atoms with Gasteiger partial charge in [0.2, 0.25) is 5.78 Å². The fraction of sp³-hybridized carbons (Fsp3) is 0. The molecule has 2 heterocycles. The molecule has 0 bridgehead atoms. The zero-order valence-corrected chi connectivity index (χ0v) is 11.3. The van der Waals surface area contributed by atoms with Crippen molar-refractivity contribution in [3.63, 3.8) is 0 Å². The fourth-order valence-electron chi connectivity index (χ4n) is 1.71. The average molecular weight is 297 g/mol. The van der Waals surface area contributed by atoms with Crippen LogP contribution in [-0.2, 0) is 0 Å². The monoisotopic (exact) mass is 296 g/mol. The molecule has 1 aromatic carbocycles. The Morgan fingerprint density at radius 1 is 1.22 bits per heavy atom. The van der Waals surface area contributed by atoms with Crippen LogP contribution in [0.5, 0.6) is 0 Å². The maximum absolute atomic E-state index is 12.2. The highest BCUT2D eigenvalue weighted by atomic mass is 35.5. The molecule has 0 fully saturated rings. The van der Waals surface area contributed by atoms with Crippen LogP contribution >= 0.6 is 34.5 Å². The van der Waals surface area contributed by atoms with Crippen LogP contribution in [0.4, 0.5) is 0 Å². The number of furan rings is 1. The van der Waals surface area contributed by atoms with Crippen LogP contribution in [0.1, 0.15) is 16.1 Å². The standard InChI is InChI=1S/C13H6Cl2O2S/c14-9-2-1-3-10-8(9)5-11(17-10)13(16)7-4-12(15)18-6-7/h1-6H. The molecule has 0 N–H and O–H groups in total. The normalized spacial score (nSPS) is 11.0. The summed E-state index contributed by atoms with van der Waals surface area (Å²) in [6.45, 7) is 0. The van der Waals surface area contributed by atoms with Gasteiger partial charge >= 0.3 is 0 Å². The minimum atomic E-state index is -0.189. The van der Waals surface area contributed by atoms with E-state index in [0.29, 0.717) is 20.5 Å². The van der Waals surface area contributed by atoms with Gasteiger partial charge in [-0.05, 0) is 24.3 Å². The molecule has 0 aliphatic rings. The molecular weight excluding hydrogens is 291 g/mol. The van der Waals surface area contributed by atoms with E-state index in [1.807, 2.05) is 0 Å². The molecule has 90 valence electrons. The van der Waals surface area contributed by atoms with Gasteiger partial charge in [0, 0.05) is 16.3 Å². The van der Waals surface area contributed by atoms with E-state index < -0.39 is 0 Å². The summed E-state index contributed by atoms with van der Waals surface area (Å²) < 4.78 is 6.08. The summed E-state index contributed by atoms with van der Waals surface area (Å²) in [5, 5.41) is 3.02. The van der Waals surface area contributed by atoms with Crippen LogP contribution in [0.3, 0.4) is 0 Å². The SMILES string of the molecule is O=C(c1csc(Cl)c1)c1cc2c(Cl)cccc2o1. The quantitative estimate of drug-likeness (QED) is 0.621. The Balaban J connectivity index is 2.10. The second-order valence-electron chi connectivity index (χ2n) is 3.73. The van der Waals surface area contributed by atoms with Crippen LogP contribution in [0.15, 0.2) is 40.1 Å². The molecular formula is C13H6Cl2O2S. The lowest BCUT2D eigenvalue weighted by atomic mass is 10.1. The summed E-state index contributed by atoms with van der Waals surface area (Å²) in [6, 6.07) is 8.60. The van der Waals surface area contributed by atoms with Crippen molar-refractivity contribution in [1.82, 2.24) is 0 Å². The predicted molar refractivity (Wildman–Crippen MR) is 74.0 cm³/mol. The maximum atomic E-state index is 12.2. The van der Waals surface area contributed by atoms with Crippen LogP contribution in [0.25, 0.3) is 11.0 Å². The Morgan fingerprint density at radius 3 is 2.72 bits per heavy atom. The van der Waals surface area contributed by atoms with Gasteiger partial charge in [-0.2, -0.15) is 0 Å². The average Bonchev–Trinajstić information content (AvgIpc) is 2.95. The molecule has 0 aliphatic carbocycles. The van der Waals surface area contributed by atoms with E-state index in [9.17, 15) is 4.79 Å². The van der Waals surface area contributed by atoms with E-state index in [2.05, 4.69) is 0 Å². The maximum Gasteiger partial charge on any atom is 0.229 e.